The first-order chi connectivity index (χ1) is 9.95. The van der Waals surface area contributed by atoms with Gasteiger partial charge in [-0.2, -0.15) is 4.98 Å². The molecule has 114 valence electrons. The quantitative estimate of drug-likeness (QED) is 0.557. The van der Waals surface area contributed by atoms with Gasteiger partial charge in [-0.15, -0.1) is 11.3 Å². The third-order valence-corrected chi connectivity index (χ3v) is 4.72. The summed E-state index contributed by atoms with van der Waals surface area (Å²) >= 11 is 1.28. The molecule has 2 aromatic rings. The van der Waals surface area contributed by atoms with Crippen molar-refractivity contribution >= 4 is 27.4 Å². The molecule has 1 fully saturated rings. The van der Waals surface area contributed by atoms with Crippen LogP contribution in [0.5, 0.6) is 0 Å². The van der Waals surface area contributed by atoms with Gasteiger partial charge in [0, 0.05) is 0 Å². The van der Waals surface area contributed by atoms with Crippen LogP contribution in [0.2, 0.25) is 0 Å². The third kappa shape index (κ3) is 2.05. The Labute approximate surface area is 123 Å². The van der Waals surface area contributed by atoms with Crippen LogP contribution in [-0.4, -0.2) is 49.8 Å². The predicted octanol–water partition coefficient (Wildman–Crippen LogP) is -1.04. The van der Waals surface area contributed by atoms with Crippen LogP contribution >= 0.6 is 11.3 Å². The molecule has 9 heteroatoms. The lowest BCUT2D eigenvalue weighted by molar-refractivity contribution is -0.0524. The molecule has 3 heterocycles. The standard InChI is InChI=1S/C12H15N3O5S/c1-4-3-21-11-6(4)9(13)14-12(19)15(11)10-8(18)7(17)5(2-16)20-10/h3,5,7-8,10,16-18H,2H2,1H3,(H2,13,14,19)/t5-,7-,8-,10-/m1/s1. The zero-order valence-electron chi connectivity index (χ0n) is 11.1. The van der Waals surface area contributed by atoms with E-state index in [4.69, 9.17) is 15.6 Å². The monoisotopic (exact) mass is 313 g/mol. The van der Waals surface area contributed by atoms with Crippen LogP contribution in [0.3, 0.4) is 0 Å². The van der Waals surface area contributed by atoms with Crippen LogP contribution in [0.15, 0.2) is 10.2 Å². The molecule has 0 bridgehead atoms. The number of fused-ring (bicyclic) bond motifs is 1. The maximum atomic E-state index is 12.1. The molecule has 0 spiro atoms. The van der Waals surface area contributed by atoms with E-state index in [-0.39, 0.29) is 5.82 Å². The van der Waals surface area contributed by atoms with Crippen molar-refractivity contribution in [3.63, 3.8) is 0 Å². The summed E-state index contributed by atoms with van der Waals surface area (Å²) < 4.78 is 6.57. The molecule has 2 aromatic heterocycles. The SMILES string of the molecule is Cc1csc2c1c(N)nc(=O)n2[C@@H]1O[C@H](CO)[C@@H](O)[C@H]1O. The second-order valence-electron chi connectivity index (χ2n) is 4.98. The van der Waals surface area contributed by atoms with Crippen LogP contribution in [0.25, 0.3) is 10.2 Å². The zero-order valence-corrected chi connectivity index (χ0v) is 11.9. The molecule has 21 heavy (non-hydrogen) atoms. The summed E-state index contributed by atoms with van der Waals surface area (Å²) in [5, 5.41) is 31.5. The first kappa shape index (κ1) is 14.4. The summed E-state index contributed by atoms with van der Waals surface area (Å²) in [5.74, 6) is 0.122. The van der Waals surface area contributed by atoms with Gasteiger partial charge in [0.1, 0.15) is 29.0 Å². The fourth-order valence-corrected chi connectivity index (χ4v) is 3.62. The smallest absolute Gasteiger partial charge is 0.352 e. The zero-order chi connectivity index (χ0) is 15.3. The number of aliphatic hydroxyl groups excluding tert-OH is 3. The van der Waals surface area contributed by atoms with Gasteiger partial charge in [-0.3, -0.25) is 4.57 Å². The van der Waals surface area contributed by atoms with Crippen molar-refractivity contribution in [3.05, 3.63) is 21.4 Å². The number of aliphatic hydroxyl groups is 3. The number of thiophene rings is 1. The molecular weight excluding hydrogens is 298 g/mol. The Hall–Kier alpha value is -1.52. The van der Waals surface area contributed by atoms with Crippen LogP contribution in [0.4, 0.5) is 5.82 Å². The van der Waals surface area contributed by atoms with Gasteiger partial charge in [0.15, 0.2) is 6.23 Å². The minimum absolute atomic E-state index is 0.122. The molecule has 0 aromatic carbocycles. The van der Waals surface area contributed by atoms with Gasteiger partial charge in [0.2, 0.25) is 0 Å². The number of anilines is 1. The molecule has 5 N–H and O–H groups in total. The minimum Gasteiger partial charge on any atom is -0.394 e. The highest BCUT2D eigenvalue weighted by Gasteiger charge is 2.44. The fourth-order valence-electron chi connectivity index (χ4n) is 2.54. The Morgan fingerprint density at radius 1 is 1.48 bits per heavy atom. The topological polar surface area (TPSA) is 131 Å². The number of aromatic nitrogens is 2. The molecule has 4 atom stereocenters. The van der Waals surface area contributed by atoms with Gasteiger partial charge < -0.3 is 25.8 Å². The molecule has 8 nitrogen and oxygen atoms in total. The van der Waals surface area contributed by atoms with Gasteiger partial charge in [0.05, 0.1) is 12.0 Å². The Morgan fingerprint density at radius 2 is 2.19 bits per heavy atom. The average Bonchev–Trinajstić information content (AvgIpc) is 2.94. The van der Waals surface area contributed by atoms with Crippen LogP contribution in [0.1, 0.15) is 11.8 Å². The molecule has 0 aliphatic carbocycles. The van der Waals surface area contributed by atoms with E-state index in [2.05, 4.69) is 4.98 Å². The van der Waals surface area contributed by atoms with E-state index in [1.807, 2.05) is 12.3 Å². The summed E-state index contributed by atoms with van der Waals surface area (Å²) in [6.45, 7) is 1.38. The maximum absolute atomic E-state index is 12.1. The van der Waals surface area contributed by atoms with E-state index in [1.54, 1.807) is 0 Å². The van der Waals surface area contributed by atoms with Crippen molar-refractivity contribution in [2.24, 2.45) is 0 Å². The molecule has 0 unspecified atom stereocenters. The lowest BCUT2D eigenvalue weighted by atomic mass is 10.1. The van der Waals surface area contributed by atoms with Gasteiger partial charge in [-0.05, 0) is 17.9 Å². The summed E-state index contributed by atoms with van der Waals surface area (Å²) in [4.78, 5) is 16.4. The summed E-state index contributed by atoms with van der Waals surface area (Å²) in [6.07, 6.45) is -4.68. The van der Waals surface area contributed by atoms with E-state index in [1.165, 1.54) is 15.9 Å². The van der Waals surface area contributed by atoms with E-state index < -0.39 is 36.8 Å². The normalized spacial score (nSPS) is 29.3. The average molecular weight is 313 g/mol. The summed E-state index contributed by atoms with van der Waals surface area (Å²) in [7, 11) is 0. The minimum atomic E-state index is -1.34. The Morgan fingerprint density at radius 3 is 2.81 bits per heavy atom. The highest BCUT2D eigenvalue weighted by Crippen LogP contribution is 2.34. The number of nitrogens with two attached hydrogens (primary N) is 1. The number of nitrogen functional groups attached to an aromatic ring is 1. The van der Waals surface area contributed by atoms with Crippen molar-refractivity contribution < 1.29 is 20.1 Å². The second kappa shape index (κ2) is 5.04. The second-order valence-corrected chi connectivity index (χ2v) is 5.84. The Balaban J connectivity index is 2.20. The van der Waals surface area contributed by atoms with Crippen molar-refractivity contribution in [2.45, 2.75) is 31.5 Å². The molecule has 0 amide bonds. The van der Waals surface area contributed by atoms with Gasteiger partial charge in [-0.25, -0.2) is 4.79 Å². The van der Waals surface area contributed by atoms with Gasteiger partial charge in [0.25, 0.3) is 0 Å². The number of hydrogen-bond acceptors (Lipinski definition) is 8. The molecule has 1 saturated heterocycles. The number of nitrogens with zero attached hydrogens (tertiary/aromatic N) is 2. The number of rotatable bonds is 2. The first-order valence-corrected chi connectivity index (χ1v) is 7.22. The molecule has 1 aliphatic heterocycles. The van der Waals surface area contributed by atoms with E-state index >= 15 is 0 Å². The highest BCUT2D eigenvalue weighted by atomic mass is 32.1. The largest absolute Gasteiger partial charge is 0.394 e. The van der Waals surface area contributed by atoms with Crippen LogP contribution in [0, 0.1) is 6.92 Å². The van der Waals surface area contributed by atoms with E-state index in [0.29, 0.717) is 10.2 Å². The first-order valence-electron chi connectivity index (χ1n) is 6.34. The molecule has 1 aliphatic rings. The van der Waals surface area contributed by atoms with Crippen molar-refractivity contribution in [3.8, 4) is 0 Å². The van der Waals surface area contributed by atoms with Crippen LogP contribution < -0.4 is 11.4 Å². The van der Waals surface area contributed by atoms with Crippen LogP contribution in [-0.2, 0) is 4.74 Å². The number of hydrogen-bond donors (Lipinski definition) is 4. The molecule has 3 rings (SSSR count). The predicted molar refractivity (Wildman–Crippen MR) is 76.0 cm³/mol. The van der Waals surface area contributed by atoms with Gasteiger partial charge >= 0.3 is 5.69 Å². The van der Waals surface area contributed by atoms with Crippen molar-refractivity contribution in [2.75, 3.05) is 12.3 Å². The number of aryl methyl sites for hydroxylation is 1. The van der Waals surface area contributed by atoms with E-state index in [9.17, 15) is 15.0 Å². The summed E-state index contributed by atoms with van der Waals surface area (Å²) in [6, 6.07) is 0. The molecular formula is C12H15N3O5S. The van der Waals surface area contributed by atoms with Crippen molar-refractivity contribution in [1.29, 1.82) is 0 Å². The maximum Gasteiger partial charge on any atom is 0.352 e. The number of ether oxygens (including phenoxy) is 1. The Kier molecular flexibility index (Phi) is 3.46. The van der Waals surface area contributed by atoms with Crippen molar-refractivity contribution in [1.82, 2.24) is 9.55 Å². The lowest BCUT2D eigenvalue weighted by Crippen LogP contribution is -2.36. The fraction of sp³-hybridized carbons (Fsp3) is 0.500. The van der Waals surface area contributed by atoms with Gasteiger partial charge in [-0.1, -0.05) is 0 Å². The highest BCUT2D eigenvalue weighted by molar-refractivity contribution is 7.17. The van der Waals surface area contributed by atoms with E-state index in [0.717, 1.165) is 5.56 Å². The lowest BCUT2D eigenvalue weighted by Gasteiger charge is -2.18. The Bertz CT molecular complexity index is 742. The molecule has 0 radical (unpaired) electrons. The molecule has 0 saturated carbocycles. The summed E-state index contributed by atoms with van der Waals surface area (Å²) in [5.41, 5.74) is 5.97. The third-order valence-electron chi connectivity index (χ3n) is 3.62.